The first-order chi connectivity index (χ1) is 7.93. The number of nitrogens with zero attached hydrogens (tertiary/aromatic N) is 3. The molecule has 5 heteroatoms. The summed E-state index contributed by atoms with van der Waals surface area (Å²) in [4.78, 5) is 6.62. The highest BCUT2D eigenvalue weighted by molar-refractivity contribution is 4.98. The van der Waals surface area contributed by atoms with Crippen LogP contribution >= 0.6 is 0 Å². The van der Waals surface area contributed by atoms with Gasteiger partial charge < -0.3 is 9.84 Å². The van der Waals surface area contributed by atoms with Crippen molar-refractivity contribution in [3.8, 4) is 0 Å². The summed E-state index contributed by atoms with van der Waals surface area (Å²) in [5.74, 6) is 1.47. The van der Waals surface area contributed by atoms with Crippen molar-refractivity contribution in [2.24, 2.45) is 0 Å². The van der Waals surface area contributed by atoms with E-state index in [1.54, 1.807) is 0 Å². The molecule has 0 atom stereocenters. The maximum absolute atomic E-state index is 5.26. The van der Waals surface area contributed by atoms with Gasteiger partial charge >= 0.3 is 0 Å². The van der Waals surface area contributed by atoms with E-state index in [4.69, 9.17) is 4.52 Å². The molecule has 0 aliphatic heterocycles. The normalized spacial score (nSPS) is 12.4. The summed E-state index contributed by atoms with van der Waals surface area (Å²) in [5.41, 5.74) is -0.0735. The predicted molar refractivity (Wildman–Crippen MR) is 67.9 cm³/mol. The van der Waals surface area contributed by atoms with Gasteiger partial charge in [0, 0.05) is 5.41 Å². The Hall–Kier alpha value is -0.940. The fourth-order valence-electron chi connectivity index (χ4n) is 1.47. The van der Waals surface area contributed by atoms with Crippen LogP contribution in [-0.2, 0) is 12.0 Å². The summed E-state index contributed by atoms with van der Waals surface area (Å²) in [6.45, 7) is 9.01. The molecule has 0 bridgehead atoms. The molecule has 1 heterocycles. The molecular formula is C12H24N4O. The summed E-state index contributed by atoms with van der Waals surface area (Å²) in [5, 5.41) is 7.14. The zero-order valence-corrected chi connectivity index (χ0v) is 11.6. The quantitative estimate of drug-likeness (QED) is 0.762. The highest BCUT2D eigenvalue weighted by Gasteiger charge is 2.21. The summed E-state index contributed by atoms with van der Waals surface area (Å²) in [6, 6.07) is 0. The van der Waals surface area contributed by atoms with E-state index in [0.717, 1.165) is 31.9 Å². The average molecular weight is 240 g/mol. The van der Waals surface area contributed by atoms with Gasteiger partial charge in [0.15, 0.2) is 5.82 Å². The Kier molecular flexibility index (Phi) is 5.08. The van der Waals surface area contributed by atoms with E-state index >= 15 is 0 Å². The fourth-order valence-corrected chi connectivity index (χ4v) is 1.47. The van der Waals surface area contributed by atoms with Gasteiger partial charge in [0.05, 0.1) is 6.54 Å². The maximum atomic E-state index is 5.26. The van der Waals surface area contributed by atoms with Gasteiger partial charge in [-0.25, -0.2) is 0 Å². The first kappa shape index (κ1) is 14.1. The molecular weight excluding hydrogens is 216 g/mol. The van der Waals surface area contributed by atoms with Crippen LogP contribution in [-0.4, -0.2) is 42.2 Å². The highest BCUT2D eigenvalue weighted by atomic mass is 16.5. The van der Waals surface area contributed by atoms with E-state index in [2.05, 4.69) is 48.2 Å². The van der Waals surface area contributed by atoms with Gasteiger partial charge in [-0.15, -0.1) is 0 Å². The van der Waals surface area contributed by atoms with Gasteiger partial charge in [-0.05, 0) is 33.6 Å². The van der Waals surface area contributed by atoms with Crippen molar-refractivity contribution >= 4 is 0 Å². The molecule has 1 aromatic rings. The lowest BCUT2D eigenvalue weighted by atomic mass is 9.97. The van der Waals surface area contributed by atoms with Crippen molar-refractivity contribution in [1.82, 2.24) is 20.4 Å². The minimum atomic E-state index is -0.0735. The lowest BCUT2D eigenvalue weighted by molar-refractivity contribution is 0.294. The van der Waals surface area contributed by atoms with Crippen LogP contribution in [0.1, 0.15) is 38.9 Å². The van der Waals surface area contributed by atoms with Crippen molar-refractivity contribution in [3.05, 3.63) is 11.7 Å². The van der Waals surface area contributed by atoms with Crippen molar-refractivity contribution in [2.75, 3.05) is 27.2 Å². The van der Waals surface area contributed by atoms with Gasteiger partial charge in [-0.2, -0.15) is 4.98 Å². The monoisotopic (exact) mass is 240 g/mol. The minimum absolute atomic E-state index is 0.0735. The third-order valence-electron chi connectivity index (χ3n) is 2.49. The van der Waals surface area contributed by atoms with Crippen LogP contribution in [0.15, 0.2) is 4.52 Å². The molecule has 0 saturated heterocycles. The van der Waals surface area contributed by atoms with E-state index in [0.29, 0.717) is 5.89 Å². The Morgan fingerprint density at radius 1 is 1.35 bits per heavy atom. The minimum Gasteiger partial charge on any atom is -0.339 e. The maximum Gasteiger partial charge on any atom is 0.232 e. The average Bonchev–Trinajstić information content (AvgIpc) is 2.66. The summed E-state index contributed by atoms with van der Waals surface area (Å²) in [7, 11) is 4.04. The summed E-state index contributed by atoms with van der Waals surface area (Å²) >= 11 is 0. The number of hydrogen-bond donors (Lipinski definition) is 1. The van der Waals surface area contributed by atoms with Crippen LogP contribution in [0.4, 0.5) is 0 Å². The molecule has 0 radical (unpaired) electrons. The molecule has 1 N–H and O–H groups in total. The first-order valence-corrected chi connectivity index (χ1v) is 6.09. The van der Waals surface area contributed by atoms with Crippen molar-refractivity contribution < 1.29 is 4.52 Å². The number of rotatable bonds is 6. The number of hydrogen-bond acceptors (Lipinski definition) is 5. The third-order valence-corrected chi connectivity index (χ3v) is 2.49. The topological polar surface area (TPSA) is 54.2 Å². The van der Waals surface area contributed by atoms with Crippen molar-refractivity contribution in [2.45, 2.75) is 39.2 Å². The third kappa shape index (κ3) is 4.83. The van der Waals surface area contributed by atoms with Crippen LogP contribution in [0.25, 0.3) is 0 Å². The molecule has 0 spiro atoms. The van der Waals surface area contributed by atoms with E-state index < -0.39 is 0 Å². The molecule has 0 aliphatic carbocycles. The first-order valence-electron chi connectivity index (χ1n) is 6.09. The van der Waals surface area contributed by atoms with Crippen LogP contribution in [0.3, 0.4) is 0 Å². The van der Waals surface area contributed by atoms with E-state index in [1.165, 1.54) is 0 Å². The van der Waals surface area contributed by atoms with Gasteiger partial charge in [-0.3, -0.25) is 4.90 Å². The Labute approximate surface area is 104 Å². The van der Waals surface area contributed by atoms with Crippen molar-refractivity contribution in [1.29, 1.82) is 0 Å². The fraction of sp³-hybridized carbons (Fsp3) is 0.833. The van der Waals surface area contributed by atoms with Gasteiger partial charge in [-0.1, -0.05) is 25.9 Å². The Balaban J connectivity index is 2.43. The molecule has 0 unspecified atom stereocenters. The molecule has 5 nitrogen and oxygen atoms in total. The standard InChI is InChI=1S/C12H24N4O/c1-12(2,3)11-14-10(15-17-11)9-16(5)8-6-7-13-4/h13H,6-9H2,1-5H3. The Morgan fingerprint density at radius 2 is 2.06 bits per heavy atom. The molecule has 17 heavy (non-hydrogen) atoms. The molecule has 1 aromatic heterocycles. The van der Waals surface area contributed by atoms with Gasteiger partial charge in [0.25, 0.3) is 0 Å². The molecule has 0 aliphatic rings. The molecule has 0 amide bonds. The van der Waals surface area contributed by atoms with E-state index in [-0.39, 0.29) is 5.41 Å². The zero-order chi connectivity index (χ0) is 12.9. The Morgan fingerprint density at radius 3 is 2.59 bits per heavy atom. The van der Waals surface area contributed by atoms with Gasteiger partial charge in [0.1, 0.15) is 0 Å². The zero-order valence-electron chi connectivity index (χ0n) is 11.6. The van der Waals surface area contributed by atoms with Crippen molar-refractivity contribution in [3.63, 3.8) is 0 Å². The second-order valence-electron chi connectivity index (χ2n) is 5.46. The van der Waals surface area contributed by atoms with E-state index in [1.807, 2.05) is 7.05 Å². The number of nitrogens with one attached hydrogen (secondary N) is 1. The largest absolute Gasteiger partial charge is 0.339 e. The molecule has 1 rings (SSSR count). The van der Waals surface area contributed by atoms with Crippen LogP contribution in [0, 0.1) is 0 Å². The molecule has 0 saturated carbocycles. The molecule has 0 fully saturated rings. The SMILES string of the molecule is CNCCCN(C)Cc1noc(C(C)(C)C)n1. The molecule has 98 valence electrons. The van der Waals surface area contributed by atoms with Crippen LogP contribution in [0.5, 0.6) is 0 Å². The number of aromatic nitrogens is 2. The van der Waals surface area contributed by atoms with Gasteiger partial charge in [0.2, 0.25) is 5.89 Å². The van der Waals surface area contributed by atoms with E-state index in [9.17, 15) is 0 Å². The summed E-state index contributed by atoms with van der Waals surface area (Å²) in [6.07, 6.45) is 1.12. The van der Waals surface area contributed by atoms with Crippen LogP contribution in [0.2, 0.25) is 0 Å². The van der Waals surface area contributed by atoms with Crippen LogP contribution < -0.4 is 5.32 Å². The Bertz CT molecular complexity index is 329. The molecule has 0 aromatic carbocycles. The predicted octanol–water partition coefficient (Wildman–Crippen LogP) is 1.41. The smallest absolute Gasteiger partial charge is 0.232 e. The lowest BCUT2D eigenvalue weighted by Gasteiger charge is -2.14. The lowest BCUT2D eigenvalue weighted by Crippen LogP contribution is -2.23. The second-order valence-corrected chi connectivity index (χ2v) is 5.46. The highest BCUT2D eigenvalue weighted by Crippen LogP contribution is 2.19. The second kappa shape index (κ2) is 6.12. The summed E-state index contributed by atoms with van der Waals surface area (Å²) < 4.78 is 5.26.